The van der Waals surface area contributed by atoms with Gasteiger partial charge in [-0.25, -0.2) is 0 Å². The largest absolute Gasteiger partial charge is 0.496 e. The van der Waals surface area contributed by atoms with E-state index in [4.69, 9.17) is 10.5 Å². The summed E-state index contributed by atoms with van der Waals surface area (Å²) < 4.78 is 6.69. The second-order valence-corrected chi connectivity index (χ2v) is 5.72. The summed E-state index contributed by atoms with van der Waals surface area (Å²) in [6.07, 6.45) is 0.782. The SMILES string of the molecule is COc1ccccc1CC(N)c1csc2ccccc12. The molecule has 102 valence electrons. The van der Waals surface area contributed by atoms with Gasteiger partial charge in [0, 0.05) is 10.7 Å². The van der Waals surface area contributed by atoms with E-state index in [1.807, 2.05) is 18.2 Å². The van der Waals surface area contributed by atoms with E-state index in [1.165, 1.54) is 15.6 Å². The first kappa shape index (κ1) is 13.2. The molecule has 3 rings (SSSR count). The average Bonchev–Trinajstić information content (AvgIpc) is 2.92. The van der Waals surface area contributed by atoms with E-state index in [-0.39, 0.29) is 6.04 Å². The third-order valence-corrected chi connectivity index (χ3v) is 4.52. The lowest BCUT2D eigenvalue weighted by molar-refractivity contribution is 0.408. The zero-order chi connectivity index (χ0) is 13.9. The van der Waals surface area contributed by atoms with Crippen molar-refractivity contribution in [3.05, 3.63) is 65.0 Å². The topological polar surface area (TPSA) is 35.2 Å². The van der Waals surface area contributed by atoms with Crippen molar-refractivity contribution in [2.24, 2.45) is 5.73 Å². The van der Waals surface area contributed by atoms with E-state index in [9.17, 15) is 0 Å². The van der Waals surface area contributed by atoms with Gasteiger partial charge in [0.2, 0.25) is 0 Å². The van der Waals surface area contributed by atoms with E-state index in [1.54, 1.807) is 18.4 Å². The minimum absolute atomic E-state index is 0.0116. The molecule has 20 heavy (non-hydrogen) atoms. The van der Waals surface area contributed by atoms with Crippen LogP contribution in [0.2, 0.25) is 0 Å². The number of para-hydroxylation sites is 1. The fourth-order valence-electron chi connectivity index (χ4n) is 2.50. The molecule has 0 amide bonds. The molecule has 1 aromatic heterocycles. The quantitative estimate of drug-likeness (QED) is 0.780. The van der Waals surface area contributed by atoms with Gasteiger partial charge >= 0.3 is 0 Å². The third kappa shape index (κ3) is 2.42. The molecule has 0 spiro atoms. The summed E-state index contributed by atoms with van der Waals surface area (Å²) in [5.74, 6) is 0.905. The maximum atomic E-state index is 6.41. The van der Waals surface area contributed by atoms with Gasteiger partial charge < -0.3 is 10.5 Å². The molecule has 0 saturated heterocycles. The van der Waals surface area contributed by atoms with Gasteiger partial charge in [0.15, 0.2) is 0 Å². The first-order valence-electron chi connectivity index (χ1n) is 6.63. The van der Waals surface area contributed by atoms with E-state index < -0.39 is 0 Å². The number of methoxy groups -OCH3 is 1. The molecule has 2 N–H and O–H groups in total. The van der Waals surface area contributed by atoms with Crippen LogP contribution in [0.3, 0.4) is 0 Å². The Labute approximate surface area is 122 Å². The minimum atomic E-state index is -0.0116. The van der Waals surface area contributed by atoms with Gasteiger partial charge in [-0.3, -0.25) is 0 Å². The van der Waals surface area contributed by atoms with Crippen molar-refractivity contribution in [3.8, 4) is 5.75 Å². The monoisotopic (exact) mass is 283 g/mol. The van der Waals surface area contributed by atoms with E-state index >= 15 is 0 Å². The van der Waals surface area contributed by atoms with Gasteiger partial charge in [0.05, 0.1) is 7.11 Å². The summed E-state index contributed by atoms with van der Waals surface area (Å²) in [6, 6.07) is 16.5. The van der Waals surface area contributed by atoms with E-state index in [2.05, 4.69) is 35.7 Å². The molecule has 1 atom stereocenters. The molecule has 0 aliphatic heterocycles. The number of thiophene rings is 1. The van der Waals surface area contributed by atoms with Crippen molar-refractivity contribution in [2.75, 3.05) is 7.11 Å². The Kier molecular flexibility index (Phi) is 3.72. The van der Waals surface area contributed by atoms with Crippen molar-refractivity contribution in [1.29, 1.82) is 0 Å². The predicted molar refractivity (Wildman–Crippen MR) is 85.5 cm³/mol. The standard InChI is InChI=1S/C17H17NOS/c1-19-16-8-4-2-6-12(16)10-15(18)14-11-20-17-9-5-3-7-13(14)17/h2-9,11,15H,10,18H2,1H3. The highest BCUT2D eigenvalue weighted by atomic mass is 32.1. The zero-order valence-electron chi connectivity index (χ0n) is 11.4. The second-order valence-electron chi connectivity index (χ2n) is 4.81. The highest BCUT2D eigenvalue weighted by Crippen LogP contribution is 2.32. The lowest BCUT2D eigenvalue weighted by Crippen LogP contribution is -2.13. The number of nitrogens with two attached hydrogens (primary N) is 1. The highest BCUT2D eigenvalue weighted by molar-refractivity contribution is 7.17. The Balaban J connectivity index is 1.91. The Morgan fingerprint density at radius 2 is 1.85 bits per heavy atom. The summed E-state index contributed by atoms with van der Waals surface area (Å²) in [4.78, 5) is 0. The fraction of sp³-hybridized carbons (Fsp3) is 0.176. The van der Waals surface area contributed by atoms with Crippen molar-refractivity contribution in [3.63, 3.8) is 0 Å². The Morgan fingerprint density at radius 3 is 2.70 bits per heavy atom. The van der Waals surface area contributed by atoms with Crippen LogP contribution in [0, 0.1) is 0 Å². The second kappa shape index (κ2) is 5.65. The number of benzene rings is 2. The molecular formula is C17H17NOS. The Bertz CT molecular complexity index is 720. The summed E-state index contributed by atoms with van der Waals surface area (Å²) in [6.45, 7) is 0. The normalized spacial score (nSPS) is 12.5. The van der Waals surface area contributed by atoms with Crippen molar-refractivity contribution < 1.29 is 4.74 Å². The summed E-state index contributed by atoms with van der Waals surface area (Å²) in [5, 5.41) is 3.44. The number of fused-ring (bicyclic) bond motifs is 1. The van der Waals surface area contributed by atoms with Crippen LogP contribution in [-0.4, -0.2) is 7.11 Å². The van der Waals surface area contributed by atoms with Crippen LogP contribution in [0.15, 0.2) is 53.9 Å². The Hall–Kier alpha value is -1.84. The molecule has 2 nitrogen and oxygen atoms in total. The molecule has 3 aromatic rings. The molecule has 0 aliphatic rings. The molecule has 0 saturated carbocycles. The zero-order valence-corrected chi connectivity index (χ0v) is 12.2. The van der Waals surface area contributed by atoms with Crippen molar-refractivity contribution in [1.82, 2.24) is 0 Å². The lowest BCUT2D eigenvalue weighted by Gasteiger charge is -2.14. The summed E-state index contributed by atoms with van der Waals surface area (Å²) in [7, 11) is 1.70. The predicted octanol–water partition coefficient (Wildman–Crippen LogP) is 4.15. The number of ether oxygens (including phenoxy) is 1. The van der Waals surface area contributed by atoms with Gasteiger partial charge in [-0.15, -0.1) is 11.3 Å². The van der Waals surface area contributed by atoms with E-state index in [0.717, 1.165) is 17.7 Å². The van der Waals surface area contributed by atoms with Crippen LogP contribution in [0.1, 0.15) is 17.2 Å². The van der Waals surface area contributed by atoms with Crippen LogP contribution in [0.4, 0.5) is 0 Å². The maximum Gasteiger partial charge on any atom is 0.122 e. The van der Waals surface area contributed by atoms with Crippen LogP contribution in [0.5, 0.6) is 5.75 Å². The molecule has 3 heteroatoms. The van der Waals surface area contributed by atoms with Gasteiger partial charge in [0.1, 0.15) is 5.75 Å². The molecule has 1 unspecified atom stereocenters. The van der Waals surface area contributed by atoms with Crippen LogP contribution in [-0.2, 0) is 6.42 Å². The molecule has 2 aromatic carbocycles. The molecule has 1 heterocycles. The minimum Gasteiger partial charge on any atom is -0.496 e. The van der Waals surface area contributed by atoms with E-state index in [0.29, 0.717) is 0 Å². The number of hydrogen-bond donors (Lipinski definition) is 1. The smallest absolute Gasteiger partial charge is 0.122 e. The molecule has 0 aliphatic carbocycles. The van der Waals surface area contributed by atoms with Crippen LogP contribution < -0.4 is 10.5 Å². The third-order valence-electron chi connectivity index (χ3n) is 3.54. The molecular weight excluding hydrogens is 266 g/mol. The van der Waals surface area contributed by atoms with Crippen LogP contribution in [0.25, 0.3) is 10.1 Å². The van der Waals surface area contributed by atoms with Crippen LogP contribution >= 0.6 is 11.3 Å². The van der Waals surface area contributed by atoms with Gasteiger partial charge in [-0.2, -0.15) is 0 Å². The summed E-state index contributed by atoms with van der Waals surface area (Å²) in [5.41, 5.74) is 8.78. The first-order valence-corrected chi connectivity index (χ1v) is 7.51. The number of rotatable bonds is 4. The van der Waals surface area contributed by atoms with Gasteiger partial charge in [-0.1, -0.05) is 36.4 Å². The summed E-state index contributed by atoms with van der Waals surface area (Å²) >= 11 is 1.75. The average molecular weight is 283 g/mol. The maximum absolute atomic E-state index is 6.41. The lowest BCUT2D eigenvalue weighted by atomic mass is 9.98. The molecule has 0 bridgehead atoms. The molecule has 0 fully saturated rings. The van der Waals surface area contributed by atoms with Gasteiger partial charge in [0.25, 0.3) is 0 Å². The Morgan fingerprint density at radius 1 is 1.10 bits per heavy atom. The van der Waals surface area contributed by atoms with Gasteiger partial charge in [-0.05, 0) is 40.4 Å². The molecule has 0 radical (unpaired) electrons. The number of hydrogen-bond acceptors (Lipinski definition) is 3. The highest BCUT2D eigenvalue weighted by Gasteiger charge is 2.14. The van der Waals surface area contributed by atoms with Crippen molar-refractivity contribution >= 4 is 21.4 Å². The first-order chi connectivity index (χ1) is 9.79. The van der Waals surface area contributed by atoms with Crippen molar-refractivity contribution in [2.45, 2.75) is 12.5 Å². The fourth-order valence-corrected chi connectivity index (χ4v) is 3.53.